The average molecular weight is 322 g/mol. The Morgan fingerprint density at radius 1 is 1.20 bits per heavy atom. The first kappa shape index (κ1) is 12.2. The van der Waals surface area contributed by atoms with Gasteiger partial charge in [-0.25, -0.2) is 0 Å². The van der Waals surface area contributed by atoms with E-state index in [1.165, 1.54) is 49.4 Å². The van der Waals surface area contributed by atoms with Crippen molar-refractivity contribution in [2.24, 2.45) is 11.8 Å². The van der Waals surface area contributed by atoms with Crippen LogP contribution in [0.4, 0.5) is 0 Å². The summed E-state index contributed by atoms with van der Waals surface area (Å²) in [6, 6.07) is 0. The third-order valence-electron chi connectivity index (χ3n) is 4.28. The third kappa shape index (κ3) is 3.09. The van der Waals surface area contributed by atoms with Crippen LogP contribution in [0, 0.1) is 11.8 Å². The van der Waals surface area contributed by atoms with E-state index in [1.54, 1.807) is 0 Å². The van der Waals surface area contributed by atoms with E-state index in [0.717, 1.165) is 18.4 Å². The van der Waals surface area contributed by atoms with E-state index in [4.69, 9.17) is 4.74 Å². The molecule has 0 aromatic heterocycles. The summed E-state index contributed by atoms with van der Waals surface area (Å²) >= 11 is 2.52. The number of rotatable bonds is 4. The first-order chi connectivity index (χ1) is 7.24. The maximum absolute atomic E-state index is 6.26. The molecule has 0 atom stereocenters. The summed E-state index contributed by atoms with van der Waals surface area (Å²) in [5, 5.41) is 0. The molecule has 0 radical (unpaired) electrons. The number of alkyl halides is 1. The first-order valence-corrected chi connectivity index (χ1v) is 7.96. The minimum absolute atomic E-state index is 0.253. The molecule has 0 aromatic rings. The minimum atomic E-state index is 0.253. The van der Waals surface area contributed by atoms with E-state index in [-0.39, 0.29) is 5.60 Å². The van der Waals surface area contributed by atoms with Gasteiger partial charge in [-0.15, -0.1) is 0 Å². The highest BCUT2D eigenvalue weighted by molar-refractivity contribution is 14.1. The fourth-order valence-corrected chi connectivity index (χ4v) is 3.54. The lowest BCUT2D eigenvalue weighted by Gasteiger charge is -2.40. The SMILES string of the molecule is CC1CCC(CI)(OCC2CCC2)CC1. The quantitative estimate of drug-likeness (QED) is 0.557. The van der Waals surface area contributed by atoms with Crippen molar-refractivity contribution in [3.8, 4) is 0 Å². The van der Waals surface area contributed by atoms with Gasteiger partial charge in [0.1, 0.15) is 0 Å². The van der Waals surface area contributed by atoms with Gasteiger partial charge in [0, 0.05) is 4.43 Å². The van der Waals surface area contributed by atoms with Crippen LogP contribution in [0.5, 0.6) is 0 Å². The summed E-state index contributed by atoms with van der Waals surface area (Å²) in [6.45, 7) is 3.42. The van der Waals surface area contributed by atoms with E-state index >= 15 is 0 Å². The molecule has 0 amide bonds. The molecule has 2 saturated carbocycles. The normalized spacial score (nSPS) is 37.6. The molecular formula is C13H23IO. The molecule has 0 N–H and O–H groups in total. The Morgan fingerprint density at radius 3 is 2.33 bits per heavy atom. The summed E-state index contributed by atoms with van der Waals surface area (Å²) in [5.41, 5.74) is 0.253. The van der Waals surface area contributed by atoms with E-state index in [1.807, 2.05) is 0 Å². The van der Waals surface area contributed by atoms with Gasteiger partial charge in [-0.05, 0) is 50.4 Å². The standard InChI is InChI=1S/C13H23IO/c1-11-5-7-13(10-14,8-6-11)15-9-12-3-2-4-12/h11-12H,2-10H2,1H3. The zero-order chi connectivity index (χ0) is 10.7. The van der Waals surface area contributed by atoms with Gasteiger partial charge >= 0.3 is 0 Å². The van der Waals surface area contributed by atoms with Gasteiger partial charge in [0.15, 0.2) is 0 Å². The minimum Gasteiger partial charge on any atom is -0.374 e. The van der Waals surface area contributed by atoms with Crippen LogP contribution >= 0.6 is 22.6 Å². The highest BCUT2D eigenvalue weighted by Crippen LogP contribution is 2.38. The van der Waals surface area contributed by atoms with E-state index in [0.29, 0.717) is 0 Å². The monoisotopic (exact) mass is 322 g/mol. The molecule has 0 bridgehead atoms. The fraction of sp³-hybridized carbons (Fsp3) is 1.00. The Balaban J connectivity index is 1.79. The van der Waals surface area contributed by atoms with Gasteiger partial charge in [-0.2, -0.15) is 0 Å². The topological polar surface area (TPSA) is 9.23 Å². The maximum Gasteiger partial charge on any atom is 0.0771 e. The highest BCUT2D eigenvalue weighted by atomic mass is 127. The number of hydrogen-bond donors (Lipinski definition) is 0. The van der Waals surface area contributed by atoms with Crippen LogP contribution in [-0.4, -0.2) is 16.6 Å². The maximum atomic E-state index is 6.26. The number of hydrogen-bond acceptors (Lipinski definition) is 1. The molecule has 0 aromatic carbocycles. The van der Waals surface area contributed by atoms with Gasteiger partial charge in [-0.1, -0.05) is 35.9 Å². The van der Waals surface area contributed by atoms with Crippen LogP contribution in [0.2, 0.25) is 0 Å². The van der Waals surface area contributed by atoms with Crippen LogP contribution < -0.4 is 0 Å². The first-order valence-electron chi connectivity index (χ1n) is 6.44. The molecule has 2 fully saturated rings. The Kier molecular flexibility index (Phi) is 4.33. The largest absolute Gasteiger partial charge is 0.374 e. The van der Waals surface area contributed by atoms with Crippen molar-refractivity contribution in [1.82, 2.24) is 0 Å². The van der Waals surface area contributed by atoms with Gasteiger partial charge in [0.25, 0.3) is 0 Å². The number of ether oxygens (including phenoxy) is 1. The zero-order valence-electron chi connectivity index (χ0n) is 9.80. The lowest BCUT2D eigenvalue weighted by Crippen LogP contribution is -2.40. The van der Waals surface area contributed by atoms with E-state index in [9.17, 15) is 0 Å². The van der Waals surface area contributed by atoms with E-state index < -0.39 is 0 Å². The predicted molar refractivity (Wildman–Crippen MR) is 72.5 cm³/mol. The Labute approximate surface area is 107 Å². The van der Waals surface area contributed by atoms with Crippen molar-refractivity contribution in [3.05, 3.63) is 0 Å². The van der Waals surface area contributed by atoms with Gasteiger partial charge in [0.05, 0.1) is 12.2 Å². The molecule has 0 spiro atoms. The third-order valence-corrected chi connectivity index (χ3v) is 5.67. The molecule has 2 aliphatic rings. The molecule has 88 valence electrons. The van der Waals surface area contributed by atoms with Crippen molar-refractivity contribution >= 4 is 22.6 Å². The molecule has 0 heterocycles. The molecule has 0 unspecified atom stereocenters. The highest BCUT2D eigenvalue weighted by Gasteiger charge is 2.35. The molecular weight excluding hydrogens is 299 g/mol. The van der Waals surface area contributed by atoms with Crippen LogP contribution in [-0.2, 0) is 4.74 Å². The summed E-state index contributed by atoms with van der Waals surface area (Å²) in [4.78, 5) is 0. The van der Waals surface area contributed by atoms with Gasteiger partial charge < -0.3 is 4.74 Å². The molecule has 2 rings (SSSR count). The summed E-state index contributed by atoms with van der Waals surface area (Å²) in [7, 11) is 0. The van der Waals surface area contributed by atoms with Crippen LogP contribution in [0.25, 0.3) is 0 Å². The smallest absolute Gasteiger partial charge is 0.0771 e. The molecule has 1 nitrogen and oxygen atoms in total. The Morgan fingerprint density at radius 2 is 1.87 bits per heavy atom. The van der Waals surface area contributed by atoms with Crippen molar-refractivity contribution in [3.63, 3.8) is 0 Å². The van der Waals surface area contributed by atoms with E-state index in [2.05, 4.69) is 29.5 Å². The lowest BCUT2D eigenvalue weighted by molar-refractivity contribution is -0.0799. The van der Waals surface area contributed by atoms with Crippen LogP contribution in [0.1, 0.15) is 51.9 Å². The van der Waals surface area contributed by atoms with Crippen molar-refractivity contribution < 1.29 is 4.74 Å². The van der Waals surface area contributed by atoms with Crippen LogP contribution in [0.3, 0.4) is 0 Å². The second-order valence-electron chi connectivity index (χ2n) is 5.61. The summed E-state index contributed by atoms with van der Waals surface area (Å²) in [6.07, 6.45) is 9.58. The van der Waals surface area contributed by atoms with Crippen molar-refractivity contribution in [1.29, 1.82) is 0 Å². The Bertz CT molecular complexity index is 193. The predicted octanol–water partition coefficient (Wildman–Crippen LogP) is 4.19. The molecule has 2 aliphatic carbocycles. The Hall–Kier alpha value is 0.690. The van der Waals surface area contributed by atoms with Crippen molar-refractivity contribution in [2.45, 2.75) is 57.5 Å². The lowest BCUT2D eigenvalue weighted by atomic mass is 9.80. The van der Waals surface area contributed by atoms with Gasteiger partial charge in [-0.3, -0.25) is 0 Å². The molecule has 0 aliphatic heterocycles. The second-order valence-corrected chi connectivity index (χ2v) is 6.37. The number of halogens is 1. The summed E-state index contributed by atoms with van der Waals surface area (Å²) < 4.78 is 7.45. The molecule has 2 heteroatoms. The van der Waals surface area contributed by atoms with Gasteiger partial charge in [0.2, 0.25) is 0 Å². The average Bonchev–Trinajstić information content (AvgIpc) is 2.19. The molecule has 15 heavy (non-hydrogen) atoms. The zero-order valence-corrected chi connectivity index (χ0v) is 12.0. The van der Waals surface area contributed by atoms with Crippen molar-refractivity contribution in [2.75, 3.05) is 11.0 Å². The van der Waals surface area contributed by atoms with Crippen LogP contribution in [0.15, 0.2) is 0 Å². The summed E-state index contributed by atoms with van der Waals surface area (Å²) in [5.74, 6) is 1.82. The molecule has 0 saturated heterocycles. The second kappa shape index (κ2) is 5.35. The fourth-order valence-electron chi connectivity index (χ4n) is 2.56.